The summed E-state index contributed by atoms with van der Waals surface area (Å²) in [7, 11) is -4.33. The summed E-state index contributed by atoms with van der Waals surface area (Å²) < 4.78 is 22.1. The van der Waals surface area contributed by atoms with E-state index < -0.39 is 20.0 Å². The van der Waals surface area contributed by atoms with Gasteiger partial charge in [-0.15, -0.1) is 0 Å². The van der Waals surface area contributed by atoms with Gasteiger partial charge in [-0.25, -0.2) is 4.57 Å². The Labute approximate surface area is 335 Å². The highest BCUT2D eigenvalue weighted by Crippen LogP contribution is 2.43. The third-order valence-corrected chi connectivity index (χ3v) is 11.6. The van der Waals surface area contributed by atoms with Crippen molar-refractivity contribution in [2.24, 2.45) is 5.73 Å². The average Bonchev–Trinajstić information content (AvgIpc) is 3.16. The first-order chi connectivity index (χ1) is 26.4. The van der Waals surface area contributed by atoms with E-state index in [1.54, 1.807) is 6.08 Å². The predicted octanol–water partition coefficient (Wildman–Crippen LogP) is 13.2. The van der Waals surface area contributed by atoms with Crippen molar-refractivity contribution in [3.8, 4) is 0 Å². The number of phosphoric ester groups is 1. The number of aliphatic hydroxyl groups is 1. The summed E-state index contributed by atoms with van der Waals surface area (Å²) in [6.07, 6.45) is 46.9. The van der Waals surface area contributed by atoms with Crippen molar-refractivity contribution in [1.29, 1.82) is 0 Å². The lowest BCUT2D eigenvalue weighted by molar-refractivity contribution is -0.123. The molecule has 0 bridgehead atoms. The zero-order valence-electron chi connectivity index (χ0n) is 35.7. The highest BCUT2D eigenvalue weighted by atomic mass is 31.2. The molecule has 322 valence electrons. The first-order valence-electron chi connectivity index (χ1n) is 23.3. The number of carbonyl (C=O) groups excluding carboxylic acids is 1. The van der Waals surface area contributed by atoms with E-state index in [2.05, 4.69) is 19.2 Å². The second-order valence-electron chi connectivity index (χ2n) is 16.0. The number of nitrogens with two attached hydrogens (primary N) is 1. The molecule has 3 atom stereocenters. The van der Waals surface area contributed by atoms with E-state index in [4.69, 9.17) is 14.8 Å². The van der Waals surface area contributed by atoms with Crippen molar-refractivity contribution in [1.82, 2.24) is 5.32 Å². The fourth-order valence-electron chi connectivity index (χ4n) is 7.07. The van der Waals surface area contributed by atoms with E-state index in [1.807, 2.05) is 6.08 Å². The Hall–Kier alpha value is -0.760. The van der Waals surface area contributed by atoms with Crippen LogP contribution in [0.15, 0.2) is 12.2 Å². The lowest BCUT2D eigenvalue weighted by atomic mass is 10.0. The summed E-state index contributed by atoms with van der Waals surface area (Å²) in [5, 5.41) is 13.7. The Morgan fingerprint density at radius 3 is 1.31 bits per heavy atom. The maximum Gasteiger partial charge on any atom is 0.472 e. The molecule has 0 saturated heterocycles. The first-order valence-corrected chi connectivity index (χ1v) is 24.8. The van der Waals surface area contributed by atoms with E-state index >= 15 is 0 Å². The number of hydrogen-bond acceptors (Lipinski definition) is 6. The monoisotopic (exact) mass is 787 g/mol. The van der Waals surface area contributed by atoms with E-state index in [0.29, 0.717) is 6.42 Å². The molecular formula is C45H91N2O6P. The molecule has 0 aliphatic rings. The van der Waals surface area contributed by atoms with Gasteiger partial charge in [0.05, 0.1) is 25.4 Å². The molecule has 0 aromatic heterocycles. The number of phosphoric acid groups is 1. The third kappa shape index (κ3) is 39.5. The molecule has 1 amide bonds. The quantitative estimate of drug-likeness (QED) is 0.0275. The summed E-state index contributed by atoms with van der Waals surface area (Å²) in [6, 6.07) is -0.854. The van der Waals surface area contributed by atoms with Gasteiger partial charge in [-0.1, -0.05) is 225 Å². The summed E-state index contributed by atoms with van der Waals surface area (Å²) in [6.45, 7) is 4.16. The van der Waals surface area contributed by atoms with Crippen LogP contribution in [0.4, 0.5) is 0 Å². The van der Waals surface area contributed by atoms with Gasteiger partial charge >= 0.3 is 7.82 Å². The average molecular weight is 787 g/mol. The second-order valence-corrected chi connectivity index (χ2v) is 17.4. The zero-order valence-corrected chi connectivity index (χ0v) is 36.6. The van der Waals surface area contributed by atoms with Gasteiger partial charge < -0.3 is 21.1 Å². The molecule has 0 aromatic carbocycles. The van der Waals surface area contributed by atoms with Crippen LogP contribution in [0.25, 0.3) is 0 Å². The molecule has 0 heterocycles. The number of carbonyl (C=O) groups is 1. The number of allylic oxidation sites excluding steroid dienone is 1. The van der Waals surface area contributed by atoms with Gasteiger partial charge in [-0.3, -0.25) is 13.8 Å². The summed E-state index contributed by atoms with van der Waals surface area (Å²) in [5.41, 5.74) is 5.38. The lowest BCUT2D eigenvalue weighted by Gasteiger charge is -2.23. The van der Waals surface area contributed by atoms with Gasteiger partial charge in [0.2, 0.25) is 5.91 Å². The molecule has 9 heteroatoms. The van der Waals surface area contributed by atoms with Crippen molar-refractivity contribution < 1.29 is 28.4 Å². The first kappa shape index (κ1) is 53.2. The van der Waals surface area contributed by atoms with E-state index in [1.165, 1.54) is 180 Å². The van der Waals surface area contributed by atoms with Crippen molar-refractivity contribution in [2.45, 2.75) is 251 Å². The predicted molar refractivity (Wildman–Crippen MR) is 231 cm³/mol. The van der Waals surface area contributed by atoms with Crippen LogP contribution in [0, 0.1) is 0 Å². The maximum atomic E-state index is 12.8. The number of aliphatic hydroxyl groups excluding tert-OH is 1. The van der Waals surface area contributed by atoms with Crippen LogP contribution in [-0.2, 0) is 18.4 Å². The standard InChI is InChI=1S/C45H91N2O6P/c1-3-5-7-9-11-13-15-17-19-20-21-22-23-24-25-27-29-31-33-35-37-39-45(49)47-43(42-53-54(50,51)52-41-40-46)44(48)38-36-34-32-30-28-26-18-16-14-12-10-8-6-4-2/h36,38,43-44,48H,3-35,37,39-42,46H2,1-2H3,(H,47,49)(H,50,51)/b38-36+/t43-,44+/m0/s1. The second kappa shape index (κ2) is 41.9. The minimum absolute atomic E-state index is 0.0814. The van der Waals surface area contributed by atoms with E-state index in [9.17, 15) is 19.4 Å². The fourth-order valence-corrected chi connectivity index (χ4v) is 7.83. The van der Waals surface area contributed by atoms with E-state index in [0.717, 1.165) is 38.5 Å². The summed E-state index contributed by atoms with van der Waals surface area (Å²) in [4.78, 5) is 22.7. The van der Waals surface area contributed by atoms with Crippen LogP contribution in [0.5, 0.6) is 0 Å². The number of amides is 1. The Morgan fingerprint density at radius 1 is 0.593 bits per heavy atom. The van der Waals surface area contributed by atoms with Crippen LogP contribution in [-0.4, -0.2) is 47.8 Å². The van der Waals surface area contributed by atoms with Gasteiger partial charge in [-0.05, 0) is 19.3 Å². The van der Waals surface area contributed by atoms with Gasteiger partial charge in [-0.2, -0.15) is 0 Å². The minimum Gasteiger partial charge on any atom is -0.387 e. The Balaban J connectivity index is 4.08. The molecule has 0 fully saturated rings. The minimum atomic E-state index is -4.33. The molecule has 0 spiro atoms. The van der Waals surface area contributed by atoms with Gasteiger partial charge in [0, 0.05) is 13.0 Å². The number of nitrogens with one attached hydrogen (secondary N) is 1. The van der Waals surface area contributed by atoms with Crippen molar-refractivity contribution in [3.63, 3.8) is 0 Å². The largest absolute Gasteiger partial charge is 0.472 e. The van der Waals surface area contributed by atoms with Gasteiger partial charge in [0.15, 0.2) is 0 Å². The van der Waals surface area contributed by atoms with Gasteiger partial charge in [0.25, 0.3) is 0 Å². The highest BCUT2D eigenvalue weighted by molar-refractivity contribution is 7.47. The Morgan fingerprint density at radius 2 is 0.944 bits per heavy atom. The van der Waals surface area contributed by atoms with Crippen molar-refractivity contribution >= 4 is 13.7 Å². The SMILES string of the molecule is CCCCCCCCCCCCCC/C=C/[C@@H](O)[C@H](COP(=O)(O)OCCN)NC(=O)CCCCCCCCCCCCCCCCCCCCCCC. The molecule has 0 aromatic rings. The number of unbranched alkanes of at least 4 members (excludes halogenated alkanes) is 32. The molecular weight excluding hydrogens is 695 g/mol. The topological polar surface area (TPSA) is 131 Å². The van der Waals surface area contributed by atoms with Crippen LogP contribution >= 0.6 is 7.82 Å². The molecule has 0 saturated carbocycles. The molecule has 0 aliphatic carbocycles. The number of hydrogen-bond donors (Lipinski definition) is 4. The van der Waals surface area contributed by atoms with Crippen LogP contribution in [0.2, 0.25) is 0 Å². The fraction of sp³-hybridized carbons (Fsp3) is 0.933. The third-order valence-electron chi connectivity index (χ3n) is 10.6. The smallest absolute Gasteiger partial charge is 0.387 e. The molecule has 8 nitrogen and oxygen atoms in total. The molecule has 0 aliphatic heterocycles. The molecule has 5 N–H and O–H groups in total. The van der Waals surface area contributed by atoms with Crippen LogP contribution in [0.1, 0.15) is 239 Å². The summed E-state index contributed by atoms with van der Waals surface area (Å²) >= 11 is 0. The molecule has 0 radical (unpaired) electrons. The molecule has 54 heavy (non-hydrogen) atoms. The van der Waals surface area contributed by atoms with Crippen molar-refractivity contribution in [2.75, 3.05) is 19.8 Å². The molecule has 0 rings (SSSR count). The Kier molecular flexibility index (Phi) is 41.3. The summed E-state index contributed by atoms with van der Waals surface area (Å²) in [5.74, 6) is -0.189. The normalized spacial score (nSPS) is 14.1. The zero-order chi connectivity index (χ0) is 39.6. The van der Waals surface area contributed by atoms with Crippen LogP contribution < -0.4 is 11.1 Å². The highest BCUT2D eigenvalue weighted by Gasteiger charge is 2.26. The van der Waals surface area contributed by atoms with Crippen LogP contribution in [0.3, 0.4) is 0 Å². The van der Waals surface area contributed by atoms with Gasteiger partial charge in [0.1, 0.15) is 0 Å². The van der Waals surface area contributed by atoms with E-state index in [-0.39, 0.29) is 25.7 Å². The number of rotatable bonds is 44. The lowest BCUT2D eigenvalue weighted by Crippen LogP contribution is -2.45. The Bertz CT molecular complexity index is 860. The maximum absolute atomic E-state index is 12.8. The van der Waals surface area contributed by atoms with Crippen molar-refractivity contribution in [3.05, 3.63) is 12.2 Å². The molecule has 1 unspecified atom stereocenters.